The number of benzene rings is 1. The zero-order chi connectivity index (χ0) is 14.8. The lowest BCUT2D eigenvalue weighted by Crippen LogP contribution is -2.30. The molecule has 0 saturated heterocycles. The third-order valence-electron chi connectivity index (χ3n) is 2.60. The van der Waals surface area contributed by atoms with E-state index in [2.05, 4.69) is 22.1 Å². The molecular formula is C12H11F3N3O2. The monoisotopic (exact) mass is 286 g/mol. The van der Waals surface area contributed by atoms with Gasteiger partial charge < -0.3 is 10.1 Å². The highest BCUT2D eigenvalue weighted by atomic mass is 19.4. The number of ether oxygens (including phenoxy) is 1. The number of nitrogens with zero attached hydrogens (tertiary/aromatic N) is 1. The molecule has 1 amide bonds. The van der Waals surface area contributed by atoms with Crippen LogP contribution < -0.4 is 10.7 Å². The molecule has 1 aliphatic rings. The molecule has 107 valence electrons. The number of alkyl halides is 3. The minimum Gasteiger partial charge on any atom is -0.442 e. The van der Waals surface area contributed by atoms with Crippen LogP contribution in [0.1, 0.15) is 11.1 Å². The fourth-order valence-corrected chi connectivity index (χ4v) is 1.71. The number of carbonyl (C=O) groups is 1. The lowest BCUT2D eigenvalue weighted by atomic mass is 10.0. The predicted octanol–water partition coefficient (Wildman–Crippen LogP) is 2.40. The van der Waals surface area contributed by atoms with Gasteiger partial charge in [0.2, 0.25) is 0 Å². The van der Waals surface area contributed by atoms with E-state index >= 15 is 0 Å². The minimum absolute atomic E-state index is 0.0578. The molecule has 1 heterocycles. The molecule has 0 saturated carbocycles. The summed E-state index contributed by atoms with van der Waals surface area (Å²) in [4.78, 5) is 10.8. The fraction of sp³-hybridized carbons (Fsp3) is 0.250. The smallest absolute Gasteiger partial charge is 0.428 e. The van der Waals surface area contributed by atoms with Gasteiger partial charge in [-0.2, -0.15) is 18.3 Å². The van der Waals surface area contributed by atoms with Crippen molar-refractivity contribution in [3.05, 3.63) is 36.2 Å². The van der Waals surface area contributed by atoms with Crippen molar-refractivity contribution in [2.24, 2.45) is 5.10 Å². The van der Waals surface area contributed by atoms with E-state index in [1.807, 2.05) is 5.43 Å². The summed E-state index contributed by atoms with van der Waals surface area (Å²) in [6.45, 7) is 3.41. The van der Waals surface area contributed by atoms with E-state index in [1.165, 1.54) is 12.1 Å². The van der Waals surface area contributed by atoms with Crippen LogP contribution in [0.25, 0.3) is 0 Å². The van der Waals surface area contributed by atoms with Gasteiger partial charge in [0, 0.05) is 17.8 Å². The van der Waals surface area contributed by atoms with Gasteiger partial charge in [0.1, 0.15) is 12.3 Å². The maximum atomic E-state index is 13.0. The topological polar surface area (TPSA) is 62.7 Å². The largest absolute Gasteiger partial charge is 0.442 e. The van der Waals surface area contributed by atoms with E-state index in [4.69, 9.17) is 0 Å². The molecule has 1 radical (unpaired) electrons. The van der Waals surface area contributed by atoms with Crippen LogP contribution in [0.5, 0.6) is 0 Å². The number of halogens is 3. The van der Waals surface area contributed by atoms with Crippen LogP contribution in [0.2, 0.25) is 0 Å². The number of cyclic esters (lactones) is 1. The normalized spacial score (nSPS) is 15.2. The van der Waals surface area contributed by atoms with Gasteiger partial charge in [-0.15, -0.1) is 0 Å². The first-order valence-electron chi connectivity index (χ1n) is 5.66. The second-order valence-corrected chi connectivity index (χ2v) is 3.93. The molecule has 0 bridgehead atoms. The van der Waals surface area contributed by atoms with Gasteiger partial charge in [-0.1, -0.05) is 6.07 Å². The molecule has 0 spiro atoms. The fourth-order valence-electron chi connectivity index (χ4n) is 1.71. The lowest BCUT2D eigenvalue weighted by Gasteiger charge is -2.17. The van der Waals surface area contributed by atoms with Gasteiger partial charge in [-0.25, -0.2) is 10.2 Å². The van der Waals surface area contributed by atoms with Crippen LogP contribution in [0.4, 0.5) is 23.7 Å². The minimum atomic E-state index is -4.51. The Morgan fingerprint density at radius 2 is 2.20 bits per heavy atom. The number of anilines is 1. The highest BCUT2D eigenvalue weighted by Gasteiger charge is 2.34. The zero-order valence-corrected chi connectivity index (χ0v) is 10.3. The van der Waals surface area contributed by atoms with E-state index in [1.54, 1.807) is 0 Å². The number of rotatable bonds is 3. The van der Waals surface area contributed by atoms with Crippen LogP contribution in [-0.4, -0.2) is 25.0 Å². The van der Waals surface area contributed by atoms with E-state index in [9.17, 15) is 18.0 Å². The molecule has 2 N–H and O–H groups in total. The average Bonchev–Trinajstić information content (AvgIpc) is 2.39. The van der Waals surface area contributed by atoms with E-state index in [-0.39, 0.29) is 30.1 Å². The molecule has 1 aliphatic heterocycles. The van der Waals surface area contributed by atoms with Gasteiger partial charge in [-0.3, -0.25) is 0 Å². The van der Waals surface area contributed by atoms with E-state index in [0.717, 1.165) is 6.07 Å². The van der Waals surface area contributed by atoms with Crippen molar-refractivity contribution >= 4 is 17.5 Å². The Balaban J connectivity index is 2.39. The number of nitrogens with one attached hydrogen (secondary N) is 2. The Morgan fingerprint density at radius 1 is 1.45 bits per heavy atom. The van der Waals surface area contributed by atoms with Gasteiger partial charge in [-0.05, 0) is 19.1 Å². The van der Waals surface area contributed by atoms with Crippen LogP contribution in [-0.2, 0) is 10.9 Å². The molecule has 5 nitrogen and oxygen atoms in total. The van der Waals surface area contributed by atoms with Crippen molar-refractivity contribution in [1.82, 2.24) is 5.43 Å². The molecule has 0 fully saturated rings. The molecule has 1 aromatic rings. The van der Waals surface area contributed by atoms with Crippen molar-refractivity contribution in [1.29, 1.82) is 0 Å². The zero-order valence-electron chi connectivity index (χ0n) is 10.3. The molecule has 8 heteroatoms. The summed E-state index contributed by atoms with van der Waals surface area (Å²) in [5.41, 5.74) is 1.62. The van der Waals surface area contributed by atoms with Gasteiger partial charge in [0.05, 0.1) is 5.56 Å². The quantitative estimate of drug-likeness (QED) is 0.896. The van der Waals surface area contributed by atoms with Gasteiger partial charge >= 0.3 is 12.3 Å². The first kappa shape index (κ1) is 14.2. The number of amides is 1. The molecule has 0 unspecified atom stereocenters. The maximum absolute atomic E-state index is 13.0. The van der Waals surface area contributed by atoms with Crippen LogP contribution in [0.3, 0.4) is 0 Å². The first-order chi connectivity index (χ1) is 9.41. The second-order valence-electron chi connectivity index (χ2n) is 3.93. The van der Waals surface area contributed by atoms with Crippen molar-refractivity contribution in [3.8, 4) is 0 Å². The maximum Gasteiger partial charge on any atom is 0.428 e. The third-order valence-corrected chi connectivity index (χ3v) is 2.60. The predicted molar refractivity (Wildman–Crippen MR) is 66.3 cm³/mol. The summed E-state index contributed by atoms with van der Waals surface area (Å²) >= 11 is 0. The Morgan fingerprint density at radius 3 is 2.75 bits per heavy atom. The number of hydrogen-bond acceptors (Lipinski definition) is 4. The summed E-state index contributed by atoms with van der Waals surface area (Å²) in [7, 11) is 0. The molecule has 1 aromatic carbocycles. The van der Waals surface area contributed by atoms with Gasteiger partial charge in [0.25, 0.3) is 0 Å². The lowest BCUT2D eigenvalue weighted by molar-refractivity contribution is -0.137. The summed E-state index contributed by atoms with van der Waals surface area (Å²) in [6, 6.07) is 3.72. The van der Waals surface area contributed by atoms with E-state index < -0.39 is 17.8 Å². The Labute approximate surface area is 112 Å². The number of carbonyl (C=O) groups excluding carboxylic acids is 1. The van der Waals surface area contributed by atoms with Crippen LogP contribution in [0.15, 0.2) is 23.3 Å². The van der Waals surface area contributed by atoms with Crippen molar-refractivity contribution in [2.45, 2.75) is 6.18 Å². The highest BCUT2D eigenvalue weighted by Crippen LogP contribution is 2.35. The number of hydrazone groups is 1. The van der Waals surface area contributed by atoms with Crippen LogP contribution in [0, 0.1) is 6.92 Å². The summed E-state index contributed by atoms with van der Waals surface area (Å²) in [5.74, 6) is 0. The Hall–Kier alpha value is -2.25. The molecule has 0 aromatic heterocycles. The second kappa shape index (κ2) is 5.40. The summed E-state index contributed by atoms with van der Waals surface area (Å²) in [5, 5.41) is 6.22. The Bertz CT molecular complexity index is 555. The molecule has 0 atom stereocenters. The van der Waals surface area contributed by atoms with Crippen molar-refractivity contribution < 1.29 is 22.7 Å². The molecular weight excluding hydrogens is 275 g/mol. The average molecular weight is 286 g/mol. The highest BCUT2D eigenvalue weighted by molar-refractivity contribution is 6.04. The molecule has 20 heavy (non-hydrogen) atoms. The summed E-state index contributed by atoms with van der Waals surface area (Å²) in [6.07, 6.45) is -5.24. The van der Waals surface area contributed by atoms with Crippen LogP contribution >= 0.6 is 0 Å². The van der Waals surface area contributed by atoms with Crippen molar-refractivity contribution in [3.63, 3.8) is 0 Å². The van der Waals surface area contributed by atoms with Crippen molar-refractivity contribution in [2.75, 3.05) is 18.5 Å². The molecule has 0 aliphatic carbocycles. The molecule has 2 rings (SSSR count). The SMILES string of the molecule is [CH2]CNc1ccc(C2=NNC(=O)OC2)cc1C(F)(F)F. The van der Waals surface area contributed by atoms with Gasteiger partial charge in [0.15, 0.2) is 0 Å². The standard InChI is InChI=1S/C12H11F3N3O2/c1-2-16-9-4-3-7(5-8(9)12(13,14)15)10-6-20-11(19)18-17-10/h3-5,16H,1-2,6H2,(H,18,19). The first-order valence-corrected chi connectivity index (χ1v) is 5.66. The third kappa shape index (κ3) is 3.01. The Kier molecular flexibility index (Phi) is 3.82. The number of hydrogen-bond donors (Lipinski definition) is 2. The summed E-state index contributed by atoms with van der Waals surface area (Å²) < 4.78 is 43.6. The van der Waals surface area contributed by atoms with E-state index in [0.29, 0.717) is 0 Å².